The van der Waals surface area contributed by atoms with Crippen molar-refractivity contribution in [1.82, 2.24) is 15.1 Å². The van der Waals surface area contributed by atoms with Crippen molar-refractivity contribution in [2.75, 3.05) is 26.2 Å². The lowest BCUT2D eigenvalue weighted by atomic mass is 10.2. The number of hydrogen-bond acceptors (Lipinski definition) is 2. The lowest BCUT2D eigenvalue weighted by molar-refractivity contribution is 0.135. The van der Waals surface area contributed by atoms with Crippen molar-refractivity contribution in [3.8, 4) is 0 Å². The number of rotatable bonds is 4. The number of carbonyl (C=O) groups excluding carboxylic acids is 1. The highest BCUT2D eigenvalue weighted by atomic mass is 35.5. The van der Waals surface area contributed by atoms with E-state index in [1.165, 1.54) is 12.1 Å². The molecule has 0 unspecified atom stereocenters. The highest BCUT2D eigenvalue weighted by molar-refractivity contribution is 6.31. The largest absolute Gasteiger partial charge is 0.334 e. The fraction of sp³-hybridized carbons (Fsp3) is 0.316. The first-order valence-electron chi connectivity index (χ1n) is 8.35. The van der Waals surface area contributed by atoms with Crippen molar-refractivity contribution in [1.29, 1.82) is 0 Å². The van der Waals surface area contributed by atoms with Crippen LogP contribution in [-0.4, -0.2) is 42.0 Å². The van der Waals surface area contributed by atoms with E-state index < -0.39 is 0 Å². The van der Waals surface area contributed by atoms with Crippen LogP contribution in [-0.2, 0) is 13.1 Å². The van der Waals surface area contributed by atoms with E-state index in [0.717, 1.165) is 30.8 Å². The molecule has 2 amide bonds. The third-order valence-electron chi connectivity index (χ3n) is 4.37. The highest BCUT2D eigenvalue weighted by Gasteiger charge is 2.21. The number of carbonyl (C=O) groups is 1. The van der Waals surface area contributed by atoms with Crippen molar-refractivity contribution in [2.45, 2.75) is 13.1 Å². The lowest BCUT2D eigenvalue weighted by Gasteiger charge is -2.34. The molecule has 0 spiro atoms. The fourth-order valence-corrected chi connectivity index (χ4v) is 3.08. The summed E-state index contributed by atoms with van der Waals surface area (Å²) in [6, 6.07) is 14.0. The van der Waals surface area contributed by atoms with Gasteiger partial charge in [0.15, 0.2) is 0 Å². The lowest BCUT2D eigenvalue weighted by Crippen LogP contribution is -2.51. The molecule has 0 atom stereocenters. The average Bonchev–Trinajstić information content (AvgIpc) is 2.63. The Morgan fingerprint density at radius 3 is 2.40 bits per heavy atom. The van der Waals surface area contributed by atoms with Gasteiger partial charge in [0.2, 0.25) is 0 Å². The Morgan fingerprint density at radius 1 is 1.04 bits per heavy atom. The quantitative estimate of drug-likeness (QED) is 0.904. The van der Waals surface area contributed by atoms with Gasteiger partial charge in [-0.25, -0.2) is 9.18 Å². The molecule has 3 rings (SSSR count). The number of amides is 2. The number of nitrogens with zero attached hydrogens (tertiary/aromatic N) is 2. The van der Waals surface area contributed by atoms with E-state index in [4.69, 9.17) is 11.6 Å². The molecule has 2 aromatic carbocycles. The number of urea groups is 1. The molecular formula is C19H21ClFN3O. The second-order valence-electron chi connectivity index (χ2n) is 6.14. The summed E-state index contributed by atoms with van der Waals surface area (Å²) in [7, 11) is 0. The fourth-order valence-electron chi connectivity index (χ4n) is 2.88. The van der Waals surface area contributed by atoms with Gasteiger partial charge in [-0.1, -0.05) is 41.9 Å². The minimum Gasteiger partial charge on any atom is -0.334 e. The highest BCUT2D eigenvalue weighted by Crippen LogP contribution is 2.15. The number of halogens is 2. The molecule has 25 heavy (non-hydrogen) atoms. The van der Waals surface area contributed by atoms with Gasteiger partial charge in [0, 0.05) is 44.3 Å². The van der Waals surface area contributed by atoms with Crippen LogP contribution >= 0.6 is 11.6 Å². The van der Waals surface area contributed by atoms with Crippen LogP contribution in [0.15, 0.2) is 48.5 Å². The Bertz CT molecular complexity index is 715. The summed E-state index contributed by atoms with van der Waals surface area (Å²) >= 11 is 6.10. The molecule has 1 aliphatic heterocycles. The van der Waals surface area contributed by atoms with Gasteiger partial charge in [-0.15, -0.1) is 0 Å². The van der Waals surface area contributed by atoms with Crippen LogP contribution in [0.3, 0.4) is 0 Å². The van der Waals surface area contributed by atoms with Gasteiger partial charge in [-0.2, -0.15) is 0 Å². The van der Waals surface area contributed by atoms with Gasteiger partial charge in [0.1, 0.15) is 5.82 Å². The van der Waals surface area contributed by atoms with Crippen LogP contribution in [0.5, 0.6) is 0 Å². The molecule has 1 fully saturated rings. The van der Waals surface area contributed by atoms with E-state index in [2.05, 4.69) is 10.2 Å². The first-order chi connectivity index (χ1) is 12.1. The zero-order chi connectivity index (χ0) is 17.6. The summed E-state index contributed by atoms with van der Waals surface area (Å²) in [5.74, 6) is -0.219. The van der Waals surface area contributed by atoms with E-state index in [-0.39, 0.29) is 11.8 Å². The normalized spacial score (nSPS) is 15.2. The van der Waals surface area contributed by atoms with E-state index in [9.17, 15) is 9.18 Å². The standard InChI is InChI=1S/C19H21ClFN3O/c20-18-4-2-1-3-16(18)13-22-19(25)24-11-9-23(10-12-24)14-15-5-7-17(21)8-6-15/h1-8H,9-14H2,(H,22,25). The molecule has 0 bridgehead atoms. The van der Waals surface area contributed by atoms with E-state index in [0.29, 0.717) is 24.7 Å². The van der Waals surface area contributed by atoms with Crippen molar-refractivity contribution in [3.63, 3.8) is 0 Å². The van der Waals surface area contributed by atoms with E-state index >= 15 is 0 Å². The summed E-state index contributed by atoms with van der Waals surface area (Å²) in [5.41, 5.74) is 1.99. The minimum atomic E-state index is -0.219. The van der Waals surface area contributed by atoms with Gasteiger partial charge in [-0.05, 0) is 29.3 Å². The monoisotopic (exact) mass is 361 g/mol. The molecule has 0 radical (unpaired) electrons. The smallest absolute Gasteiger partial charge is 0.317 e. The molecule has 0 saturated carbocycles. The Kier molecular flexibility index (Phi) is 5.89. The minimum absolute atomic E-state index is 0.0682. The number of benzene rings is 2. The molecule has 2 aromatic rings. The summed E-state index contributed by atoms with van der Waals surface area (Å²) in [6.07, 6.45) is 0. The third kappa shape index (κ3) is 4.94. The van der Waals surface area contributed by atoms with Gasteiger partial charge in [-0.3, -0.25) is 4.90 Å². The first kappa shape index (κ1) is 17.7. The Balaban J connectivity index is 1.44. The zero-order valence-corrected chi connectivity index (χ0v) is 14.7. The second kappa shape index (κ2) is 8.32. The van der Waals surface area contributed by atoms with Crippen molar-refractivity contribution >= 4 is 17.6 Å². The van der Waals surface area contributed by atoms with Gasteiger partial charge in [0.05, 0.1) is 0 Å². The van der Waals surface area contributed by atoms with Crippen LogP contribution in [0.2, 0.25) is 5.02 Å². The number of nitrogens with one attached hydrogen (secondary N) is 1. The Labute approximate surface area is 152 Å². The Morgan fingerprint density at radius 2 is 1.72 bits per heavy atom. The summed E-state index contributed by atoms with van der Waals surface area (Å²) in [5, 5.41) is 3.58. The van der Waals surface area contributed by atoms with Crippen molar-refractivity contribution in [3.05, 3.63) is 70.5 Å². The molecule has 0 aliphatic carbocycles. The molecule has 1 heterocycles. The van der Waals surface area contributed by atoms with Crippen LogP contribution in [0.4, 0.5) is 9.18 Å². The number of hydrogen-bond donors (Lipinski definition) is 1. The summed E-state index contributed by atoms with van der Waals surface area (Å²) < 4.78 is 13.0. The van der Waals surface area contributed by atoms with Crippen molar-refractivity contribution in [2.24, 2.45) is 0 Å². The maximum absolute atomic E-state index is 13.0. The molecule has 132 valence electrons. The molecule has 1 N–H and O–H groups in total. The maximum atomic E-state index is 13.0. The zero-order valence-electron chi connectivity index (χ0n) is 13.9. The summed E-state index contributed by atoms with van der Waals surface area (Å²) in [4.78, 5) is 16.4. The van der Waals surface area contributed by atoms with Crippen LogP contribution in [0.1, 0.15) is 11.1 Å². The van der Waals surface area contributed by atoms with Gasteiger partial charge >= 0.3 is 6.03 Å². The summed E-state index contributed by atoms with van der Waals surface area (Å²) in [6.45, 7) is 4.16. The molecule has 6 heteroatoms. The van der Waals surface area contributed by atoms with Crippen LogP contribution < -0.4 is 5.32 Å². The molecule has 0 aromatic heterocycles. The molecule has 4 nitrogen and oxygen atoms in total. The Hall–Kier alpha value is -2.11. The van der Waals surface area contributed by atoms with Crippen LogP contribution in [0.25, 0.3) is 0 Å². The topological polar surface area (TPSA) is 35.6 Å². The SMILES string of the molecule is O=C(NCc1ccccc1Cl)N1CCN(Cc2ccc(F)cc2)CC1. The first-order valence-corrected chi connectivity index (χ1v) is 8.72. The van der Waals surface area contributed by atoms with Crippen LogP contribution in [0, 0.1) is 5.82 Å². The van der Waals surface area contributed by atoms with E-state index in [1.54, 1.807) is 12.1 Å². The predicted molar refractivity (Wildman–Crippen MR) is 96.9 cm³/mol. The average molecular weight is 362 g/mol. The van der Waals surface area contributed by atoms with Gasteiger partial charge in [0.25, 0.3) is 0 Å². The second-order valence-corrected chi connectivity index (χ2v) is 6.55. The van der Waals surface area contributed by atoms with E-state index in [1.807, 2.05) is 29.2 Å². The molecule has 1 saturated heterocycles. The predicted octanol–water partition coefficient (Wildman–Crippen LogP) is 3.51. The van der Waals surface area contributed by atoms with Gasteiger partial charge < -0.3 is 10.2 Å². The van der Waals surface area contributed by atoms with Crippen molar-refractivity contribution < 1.29 is 9.18 Å². The third-order valence-corrected chi connectivity index (χ3v) is 4.74. The molecular weight excluding hydrogens is 341 g/mol. The maximum Gasteiger partial charge on any atom is 0.317 e. The molecule has 1 aliphatic rings. The number of piperazine rings is 1.